The molecule has 1 amide bonds. The molecule has 0 aromatic heterocycles. The van der Waals surface area contributed by atoms with E-state index in [1.165, 1.54) is 24.3 Å². The topological polar surface area (TPSA) is 43.8 Å². The minimum atomic E-state index is -1.11. The quantitative estimate of drug-likeness (QED) is 0.717. The Balaban J connectivity index is 1.95. The Kier molecular flexibility index (Phi) is 7.12. The molecular weight excluding hydrogens is 398 g/mol. The molecule has 1 N–H and O–H groups in total. The van der Waals surface area contributed by atoms with Crippen LogP contribution >= 0.6 is 0 Å². The highest BCUT2D eigenvalue weighted by atomic mass is 19.1. The van der Waals surface area contributed by atoms with Crippen molar-refractivity contribution in [2.24, 2.45) is 5.92 Å². The summed E-state index contributed by atoms with van der Waals surface area (Å²) in [5.74, 6) is -0.682. The van der Waals surface area contributed by atoms with Gasteiger partial charge in [-0.3, -0.25) is 9.69 Å². The van der Waals surface area contributed by atoms with Crippen LogP contribution in [0.3, 0.4) is 0 Å². The second kappa shape index (κ2) is 9.45. The molecule has 2 aromatic carbocycles. The van der Waals surface area contributed by atoms with Gasteiger partial charge in [-0.2, -0.15) is 0 Å². The van der Waals surface area contributed by atoms with E-state index in [0.717, 1.165) is 19.4 Å². The number of likely N-dealkylation sites (tertiary alicyclic amines) is 1. The van der Waals surface area contributed by atoms with Crippen molar-refractivity contribution in [2.75, 3.05) is 20.1 Å². The zero-order chi connectivity index (χ0) is 22.8. The third-order valence-electron chi connectivity index (χ3n) is 6.54. The molecule has 2 atom stereocenters. The summed E-state index contributed by atoms with van der Waals surface area (Å²) in [6, 6.07) is 11.8. The van der Waals surface area contributed by atoms with E-state index in [2.05, 4.69) is 18.7 Å². The van der Waals surface area contributed by atoms with Gasteiger partial charge in [-0.1, -0.05) is 38.1 Å². The Morgan fingerprint density at radius 3 is 1.97 bits per heavy atom. The largest absolute Gasteiger partial charge is 0.378 e. The van der Waals surface area contributed by atoms with E-state index in [-0.39, 0.29) is 29.5 Å². The molecular formula is C25H32F2N2O2. The summed E-state index contributed by atoms with van der Waals surface area (Å²) in [4.78, 5) is 17.6. The second-order valence-electron chi connectivity index (χ2n) is 9.00. The van der Waals surface area contributed by atoms with Gasteiger partial charge in [0.05, 0.1) is 5.41 Å². The third kappa shape index (κ3) is 4.80. The van der Waals surface area contributed by atoms with E-state index in [4.69, 9.17) is 0 Å². The van der Waals surface area contributed by atoms with Crippen LogP contribution in [0.2, 0.25) is 0 Å². The van der Waals surface area contributed by atoms with Crippen LogP contribution < -0.4 is 0 Å². The Hall–Kier alpha value is -2.31. The predicted octanol–water partition coefficient (Wildman–Crippen LogP) is 4.17. The summed E-state index contributed by atoms with van der Waals surface area (Å²) in [6.07, 6.45) is 1.19. The van der Waals surface area contributed by atoms with E-state index in [1.807, 2.05) is 0 Å². The summed E-state index contributed by atoms with van der Waals surface area (Å²) in [5.41, 5.74) is 0.167. The normalized spacial score (nSPS) is 18.4. The molecule has 0 saturated carbocycles. The molecule has 3 rings (SSSR count). The molecule has 0 aliphatic carbocycles. The lowest BCUT2D eigenvalue weighted by Crippen LogP contribution is -2.52. The minimum absolute atomic E-state index is 0.0112. The van der Waals surface area contributed by atoms with E-state index in [9.17, 15) is 18.7 Å². The Morgan fingerprint density at radius 2 is 1.58 bits per heavy atom. The molecule has 4 nitrogen and oxygen atoms in total. The lowest BCUT2D eigenvalue weighted by molar-refractivity contribution is -0.135. The van der Waals surface area contributed by atoms with Gasteiger partial charge >= 0.3 is 0 Å². The highest BCUT2D eigenvalue weighted by Crippen LogP contribution is 2.35. The molecule has 0 spiro atoms. The number of aliphatic hydroxyl groups excluding tert-OH is 1. The second-order valence-corrected chi connectivity index (χ2v) is 9.00. The zero-order valence-corrected chi connectivity index (χ0v) is 18.7. The van der Waals surface area contributed by atoms with Gasteiger partial charge < -0.3 is 10.0 Å². The number of amides is 1. The van der Waals surface area contributed by atoms with Gasteiger partial charge in [0.15, 0.2) is 0 Å². The van der Waals surface area contributed by atoms with Gasteiger partial charge in [0.25, 0.3) is 0 Å². The van der Waals surface area contributed by atoms with Crippen LogP contribution in [0, 0.1) is 17.6 Å². The van der Waals surface area contributed by atoms with Crippen LogP contribution in [0.4, 0.5) is 8.78 Å². The van der Waals surface area contributed by atoms with Crippen molar-refractivity contribution < 1.29 is 18.7 Å². The fraction of sp³-hybridized carbons (Fsp3) is 0.480. The van der Waals surface area contributed by atoms with Gasteiger partial charge in [-0.25, -0.2) is 8.78 Å². The predicted molar refractivity (Wildman–Crippen MR) is 117 cm³/mol. The van der Waals surface area contributed by atoms with Gasteiger partial charge in [0.1, 0.15) is 17.9 Å². The number of hydrogen-bond acceptors (Lipinski definition) is 3. The molecule has 1 aliphatic rings. The smallest absolute Gasteiger partial charge is 0.237 e. The van der Waals surface area contributed by atoms with Gasteiger partial charge in [0, 0.05) is 26.2 Å². The average Bonchev–Trinajstić information content (AvgIpc) is 3.17. The number of carbonyl (C=O) groups is 1. The molecule has 6 heteroatoms. The molecule has 31 heavy (non-hydrogen) atoms. The maximum absolute atomic E-state index is 13.8. The number of hydrogen-bond donors (Lipinski definition) is 1. The van der Waals surface area contributed by atoms with Crippen molar-refractivity contribution in [1.82, 2.24) is 9.80 Å². The molecule has 1 aliphatic heterocycles. The maximum atomic E-state index is 13.8. The fourth-order valence-corrected chi connectivity index (χ4v) is 4.58. The number of likely N-dealkylation sites (N-methyl/N-ethyl adjacent to an activating group) is 1. The van der Waals surface area contributed by atoms with Crippen molar-refractivity contribution in [3.05, 3.63) is 71.3 Å². The lowest BCUT2D eigenvalue weighted by Gasteiger charge is -2.39. The highest BCUT2D eigenvalue weighted by molar-refractivity contribution is 5.91. The Labute approximate surface area is 183 Å². The first-order chi connectivity index (χ1) is 14.6. The first kappa shape index (κ1) is 23.4. The molecule has 2 aromatic rings. The van der Waals surface area contributed by atoms with Crippen molar-refractivity contribution in [1.29, 1.82) is 0 Å². The minimum Gasteiger partial charge on any atom is -0.378 e. The summed E-state index contributed by atoms with van der Waals surface area (Å²) in [5, 5.41) is 10.4. The number of benzene rings is 2. The first-order valence-corrected chi connectivity index (χ1v) is 10.9. The summed E-state index contributed by atoms with van der Waals surface area (Å²) in [7, 11) is 1.76. The summed E-state index contributed by atoms with van der Waals surface area (Å²) in [6.45, 7) is 7.23. The van der Waals surface area contributed by atoms with Crippen molar-refractivity contribution in [2.45, 2.75) is 51.3 Å². The number of aliphatic hydroxyl groups is 1. The van der Waals surface area contributed by atoms with Crippen LogP contribution in [0.15, 0.2) is 48.5 Å². The first-order valence-electron chi connectivity index (χ1n) is 10.9. The zero-order valence-electron chi connectivity index (χ0n) is 18.7. The molecule has 0 bridgehead atoms. The molecule has 2 unspecified atom stereocenters. The molecule has 1 fully saturated rings. The van der Waals surface area contributed by atoms with Crippen LogP contribution in [0.1, 0.15) is 44.7 Å². The monoisotopic (exact) mass is 430 g/mol. The maximum Gasteiger partial charge on any atom is 0.237 e. The number of halogens is 2. The summed E-state index contributed by atoms with van der Waals surface area (Å²) < 4.78 is 27.2. The molecule has 0 radical (unpaired) electrons. The van der Waals surface area contributed by atoms with Crippen LogP contribution in [0.25, 0.3) is 0 Å². The van der Waals surface area contributed by atoms with E-state index >= 15 is 0 Å². The molecule has 1 saturated heterocycles. The molecule has 168 valence electrons. The van der Waals surface area contributed by atoms with Gasteiger partial charge in [-0.15, -0.1) is 0 Å². The SMILES string of the molecule is CC(C)C(CN(C)C(=O)C(C)(c1ccc(F)cc1)c1ccc(F)cc1)N1CCCC1O. The highest BCUT2D eigenvalue weighted by Gasteiger charge is 2.41. The van der Waals surface area contributed by atoms with Crippen molar-refractivity contribution in [3.8, 4) is 0 Å². The van der Waals surface area contributed by atoms with Crippen LogP contribution in [0.5, 0.6) is 0 Å². The standard InChI is InChI=1S/C25H32F2N2O2/c1-17(2)22(29-15-5-6-23(29)30)16-28(4)24(31)25(3,18-7-11-20(26)12-8-18)19-9-13-21(27)14-10-19/h7-14,17,22-23,30H,5-6,15-16H2,1-4H3. The van der Waals surface area contributed by atoms with Crippen molar-refractivity contribution in [3.63, 3.8) is 0 Å². The average molecular weight is 431 g/mol. The number of rotatable bonds is 7. The van der Waals surface area contributed by atoms with E-state index < -0.39 is 11.6 Å². The Bertz CT molecular complexity index is 838. The van der Waals surface area contributed by atoms with Gasteiger partial charge in [0.2, 0.25) is 5.91 Å². The lowest BCUT2D eigenvalue weighted by atomic mass is 9.75. The van der Waals surface area contributed by atoms with Crippen molar-refractivity contribution >= 4 is 5.91 Å². The number of nitrogens with zero attached hydrogens (tertiary/aromatic N) is 2. The van der Waals surface area contributed by atoms with Crippen LogP contribution in [-0.2, 0) is 10.2 Å². The number of carbonyl (C=O) groups excluding carboxylic acids is 1. The summed E-state index contributed by atoms with van der Waals surface area (Å²) >= 11 is 0. The van der Waals surface area contributed by atoms with E-state index in [1.54, 1.807) is 43.1 Å². The Morgan fingerprint density at radius 1 is 1.10 bits per heavy atom. The molecule has 1 heterocycles. The van der Waals surface area contributed by atoms with E-state index in [0.29, 0.717) is 17.7 Å². The van der Waals surface area contributed by atoms with Crippen LogP contribution in [-0.4, -0.2) is 53.2 Å². The fourth-order valence-electron chi connectivity index (χ4n) is 4.58. The third-order valence-corrected chi connectivity index (χ3v) is 6.54. The van der Waals surface area contributed by atoms with Gasteiger partial charge in [-0.05, 0) is 61.1 Å².